The SMILES string of the molecule is CCC(C)C(=O)N1Cc2ccccc2CC1C(=O)Nc1cnn(-c2ccccc2)c1. The zero-order valence-corrected chi connectivity index (χ0v) is 17.3. The first-order chi connectivity index (χ1) is 14.6. The Hall–Kier alpha value is -3.41. The fourth-order valence-electron chi connectivity index (χ4n) is 3.78. The van der Waals surface area contributed by atoms with Crippen molar-refractivity contribution in [3.8, 4) is 5.69 Å². The highest BCUT2D eigenvalue weighted by atomic mass is 16.2. The summed E-state index contributed by atoms with van der Waals surface area (Å²) in [5.74, 6) is -0.285. The van der Waals surface area contributed by atoms with Gasteiger partial charge >= 0.3 is 0 Å². The third-order valence-corrected chi connectivity index (χ3v) is 5.74. The predicted octanol–water partition coefficient (Wildman–Crippen LogP) is 3.81. The zero-order valence-electron chi connectivity index (χ0n) is 17.3. The molecule has 0 spiro atoms. The number of anilines is 1. The predicted molar refractivity (Wildman–Crippen MR) is 116 cm³/mol. The second-order valence-corrected chi connectivity index (χ2v) is 7.76. The van der Waals surface area contributed by atoms with E-state index < -0.39 is 6.04 Å². The number of carbonyl (C=O) groups is 2. The molecule has 30 heavy (non-hydrogen) atoms. The van der Waals surface area contributed by atoms with Gasteiger partial charge in [-0.15, -0.1) is 0 Å². The van der Waals surface area contributed by atoms with Gasteiger partial charge < -0.3 is 10.2 Å². The molecule has 2 unspecified atom stereocenters. The number of nitrogens with zero attached hydrogens (tertiary/aromatic N) is 3. The van der Waals surface area contributed by atoms with Gasteiger partial charge in [0.05, 0.1) is 23.8 Å². The fraction of sp³-hybridized carbons (Fsp3) is 0.292. The second-order valence-electron chi connectivity index (χ2n) is 7.76. The van der Waals surface area contributed by atoms with Crippen LogP contribution in [0.3, 0.4) is 0 Å². The topological polar surface area (TPSA) is 67.2 Å². The van der Waals surface area contributed by atoms with Crippen molar-refractivity contribution in [3.05, 3.63) is 78.1 Å². The lowest BCUT2D eigenvalue weighted by Gasteiger charge is -2.37. The van der Waals surface area contributed by atoms with Crippen molar-refractivity contribution in [3.63, 3.8) is 0 Å². The highest BCUT2D eigenvalue weighted by Gasteiger charge is 2.36. The first-order valence-electron chi connectivity index (χ1n) is 10.3. The summed E-state index contributed by atoms with van der Waals surface area (Å²) < 4.78 is 1.72. The van der Waals surface area contributed by atoms with Crippen molar-refractivity contribution in [1.82, 2.24) is 14.7 Å². The van der Waals surface area contributed by atoms with Gasteiger partial charge in [-0.1, -0.05) is 56.3 Å². The molecule has 0 bridgehead atoms. The Labute approximate surface area is 176 Å². The molecular weight excluding hydrogens is 376 g/mol. The van der Waals surface area contributed by atoms with E-state index in [1.807, 2.05) is 68.4 Å². The lowest BCUT2D eigenvalue weighted by atomic mass is 9.92. The average molecular weight is 402 g/mol. The molecule has 0 aliphatic carbocycles. The number of fused-ring (bicyclic) bond motifs is 1. The molecule has 6 heteroatoms. The molecule has 3 aromatic rings. The standard InChI is InChI=1S/C24H26N4O2/c1-3-17(2)24(30)27-15-19-10-8-7-9-18(19)13-22(27)23(29)26-20-14-25-28(16-20)21-11-5-4-6-12-21/h4-12,14,16-17,22H,3,13,15H2,1-2H3,(H,26,29). The van der Waals surface area contributed by atoms with Crippen molar-refractivity contribution in [2.24, 2.45) is 5.92 Å². The van der Waals surface area contributed by atoms with Crippen LogP contribution >= 0.6 is 0 Å². The van der Waals surface area contributed by atoms with E-state index in [9.17, 15) is 9.59 Å². The molecule has 1 aromatic heterocycles. The van der Waals surface area contributed by atoms with E-state index in [2.05, 4.69) is 10.4 Å². The molecular formula is C24H26N4O2. The van der Waals surface area contributed by atoms with Gasteiger partial charge in [0.1, 0.15) is 6.04 Å². The van der Waals surface area contributed by atoms with Crippen LogP contribution in [-0.4, -0.2) is 32.5 Å². The van der Waals surface area contributed by atoms with E-state index in [4.69, 9.17) is 0 Å². The molecule has 0 saturated heterocycles. The minimum Gasteiger partial charge on any atom is -0.326 e. The van der Waals surface area contributed by atoms with Crippen molar-refractivity contribution in [2.75, 3.05) is 5.32 Å². The number of benzene rings is 2. The lowest BCUT2D eigenvalue weighted by molar-refractivity contribution is -0.143. The average Bonchev–Trinajstić information content (AvgIpc) is 3.26. The summed E-state index contributed by atoms with van der Waals surface area (Å²) >= 11 is 0. The van der Waals surface area contributed by atoms with E-state index >= 15 is 0 Å². The Morgan fingerprint density at radius 2 is 1.80 bits per heavy atom. The second kappa shape index (κ2) is 8.53. The van der Waals surface area contributed by atoms with Gasteiger partial charge in [0.25, 0.3) is 0 Å². The van der Waals surface area contributed by atoms with E-state index in [0.29, 0.717) is 18.7 Å². The molecule has 2 aromatic carbocycles. The van der Waals surface area contributed by atoms with Crippen LogP contribution in [0.15, 0.2) is 67.0 Å². The molecule has 0 saturated carbocycles. The third-order valence-electron chi connectivity index (χ3n) is 5.74. The highest BCUT2D eigenvalue weighted by molar-refractivity contribution is 5.97. The Morgan fingerprint density at radius 1 is 1.10 bits per heavy atom. The number of nitrogens with one attached hydrogen (secondary N) is 1. The number of hydrogen-bond donors (Lipinski definition) is 1. The molecule has 154 valence electrons. The van der Waals surface area contributed by atoms with Crippen molar-refractivity contribution >= 4 is 17.5 Å². The summed E-state index contributed by atoms with van der Waals surface area (Å²) in [7, 11) is 0. The van der Waals surface area contributed by atoms with Crippen molar-refractivity contribution in [2.45, 2.75) is 39.3 Å². The largest absolute Gasteiger partial charge is 0.326 e. The van der Waals surface area contributed by atoms with E-state index in [0.717, 1.165) is 23.2 Å². The van der Waals surface area contributed by atoms with Gasteiger partial charge in [0.15, 0.2) is 0 Å². The minimum atomic E-state index is -0.540. The van der Waals surface area contributed by atoms with Crippen LogP contribution in [-0.2, 0) is 22.6 Å². The maximum atomic E-state index is 13.2. The van der Waals surface area contributed by atoms with E-state index in [1.54, 1.807) is 22.0 Å². The summed E-state index contributed by atoms with van der Waals surface area (Å²) in [5.41, 5.74) is 3.75. The Kier molecular flexibility index (Phi) is 5.65. The number of carbonyl (C=O) groups excluding carboxylic acids is 2. The number of aromatic nitrogens is 2. The van der Waals surface area contributed by atoms with Gasteiger partial charge in [0, 0.05) is 18.9 Å². The first kappa shape index (κ1) is 19.9. The molecule has 2 heterocycles. The van der Waals surface area contributed by atoms with Gasteiger partial charge in [-0.3, -0.25) is 9.59 Å². The Bertz CT molecular complexity index is 1040. The fourth-order valence-corrected chi connectivity index (χ4v) is 3.78. The Balaban J connectivity index is 1.56. The summed E-state index contributed by atoms with van der Waals surface area (Å²) in [6, 6.07) is 17.2. The Morgan fingerprint density at radius 3 is 2.53 bits per heavy atom. The van der Waals surface area contributed by atoms with Crippen molar-refractivity contribution < 1.29 is 9.59 Å². The third kappa shape index (κ3) is 3.99. The molecule has 6 nitrogen and oxygen atoms in total. The van der Waals surface area contributed by atoms with Crippen LogP contribution in [0.2, 0.25) is 0 Å². The van der Waals surface area contributed by atoms with E-state index in [-0.39, 0.29) is 17.7 Å². The number of para-hydroxylation sites is 1. The maximum Gasteiger partial charge on any atom is 0.247 e. The van der Waals surface area contributed by atoms with Gasteiger partial charge in [0.2, 0.25) is 11.8 Å². The summed E-state index contributed by atoms with van der Waals surface area (Å²) in [6.45, 7) is 4.37. The molecule has 4 rings (SSSR count). The van der Waals surface area contributed by atoms with Crippen molar-refractivity contribution in [1.29, 1.82) is 0 Å². The molecule has 2 atom stereocenters. The van der Waals surface area contributed by atoms with E-state index in [1.165, 1.54) is 0 Å². The van der Waals surface area contributed by atoms with Gasteiger partial charge in [-0.05, 0) is 29.7 Å². The first-order valence-corrected chi connectivity index (χ1v) is 10.3. The smallest absolute Gasteiger partial charge is 0.247 e. The molecule has 2 amide bonds. The molecule has 1 aliphatic rings. The van der Waals surface area contributed by atoms with Crippen LogP contribution in [0.5, 0.6) is 0 Å². The lowest BCUT2D eigenvalue weighted by Crippen LogP contribution is -2.52. The van der Waals surface area contributed by atoms with Crippen LogP contribution in [0.1, 0.15) is 31.4 Å². The maximum absolute atomic E-state index is 13.2. The minimum absolute atomic E-state index is 0.0205. The van der Waals surface area contributed by atoms with Gasteiger partial charge in [-0.25, -0.2) is 4.68 Å². The molecule has 1 N–H and O–H groups in total. The molecule has 1 aliphatic heterocycles. The number of hydrogen-bond acceptors (Lipinski definition) is 3. The zero-order chi connectivity index (χ0) is 21.1. The summed E-state index contributed by atoms with van der Waals surface area (Å²) in [4.78, 5) is 28.0. The quantitative estimate of drug-likeness (QED) is 0.706. The van der Waals surface area contributed by atoms with Crippen LogP contribution in [0.25, 0.3) is 5.69 Å². The normalized spacial score (nSPS) is 16.6. The van der Waals surface area contributed by atoms with Gasteiger partial charge in [-0.2, -0.15) is 5.10 Å². The monoisotopic (exact) mass is 402 g/mol. The summed E-state index contributed by atoms with van der Waals surface area (Å²) in [6.07, 6.45) is 4.67. The number of amides is 2. The van der Waals surface area contributed by atoms with Crippen LogP contribution in [0.4, 0.5) is 5.69 Å². The molecule has 0 fully saturated rings. The molecule has 0 radical (unpaired) electrons. The highest BCUT2D eigenvalue weighted by Crippen LogP contribution is 2.26. The number of rotatable bonds is 5. The van der Waals surface area contributed by atoms with Crippen LogP contribution < -0.4 is 5.32 Å². The summed E-state index contributed by atoms with van der Waals surface area (Å²) in [5, 5.41) is 7.30. The van der Waals surface area contributed by atoms with Crippen LogP contribution in [0, 0.1) is 5.92 Å².